The molecule has 0 aromatic rings. The topological polar surface area (TPSA) is 380 Å². The number of hydrogen-bond acceptors (Lipinski definition) is 24. The van der Waals surface area contributed by atoms with Crippen LogP contribution in [0, 0.1) is 0 Å². The molecule has 670 valence electrons. The smallest absolute Gasteiger partial charge is 0.463 e. The zero-order chi connectivity index (χ0) is 84.0. The summed E-state index contributed by atoms with van der Waals surface area (Å²) in [7, 11) is -5.81. The lowest BCUT2D eigenvalue weighted by Gasteiger charge is -2.50. The Balaban J connectivity index is 1.94. The number of carbonyl (C=O) groups is 4. The standard InChI is InChI=1S/C89H159O25P/c1-5-9-13-17-21-25-29-33-35-39-42-46-50-54-58-62-73(92)106-68-71-77(96)79(98)83(102)89(110-71)113-86-84(111-75(94)64-60-56-52-48-43-38-32-28-24-20-16-12-8-4)80(99)81(100)85(112-88-82(101)78(97)76(95)70(65-90)109-88)87(86)114-115(103,104)107-67-69(66-105-72(91)61-57-53-49-45-41-37-31-27-23-19-15-11-7-3)108-74(93)63-59-55-51-47-44-40-36-34-30-26-22-18-14-10-6-2/h25-26,29-30,37-38,41,43,69-71,76-90,95-102H,5-24,27-28,31-36,39-40,42,44-68H2,1-4H3,(H,103,104)/b29-25-,30-26-,41-37-,43-38-. The predicted octanol–water partition coefficient (Wildman–Crippen LogP) is 16.1. The lowest BCUT2D eigenvalue weighted by atomic mass is 9.84. The summed E-state index contributed by atoms with van der Waals surface area (Å²) in [5.74, 6) is -3.02. The first kappa shape index (κ1) is 106. The lowest BCUT2D eigenvalue weighted by Crippen LogP contribution is -2.70. The summed E-state index contributed by atoms with van der Waals surface area (Å²) in [5, 5.41) is 102. The first-order valence-corrected chi connectivity index (χ1v) is 46.9. The minimum Gasteiger partial charge on any atom is -0.463 e. The van der Waals surface area contributed by atoms with Gasteiger partial charge in [-0.2, -0.15) is 0 Å². The van der Waals surface area contributed by atoms with Crippen LogP contribution >= 0.6 is 7.82 Å². The monoisotopic (exact) mass is 1660 g/mol. The molecular weight excluding hydrogens is 1500 g/mol. The molecule has 10 N–H and O–H groups in total. The molecule has 25 nitrogen and oxygen atoms in total. The van der Waals surface area contributed by atoms with Crippen molar-refractivity contribution in [3.63, 3.8) is 0 Å². The highest BCUT2D eigenvalue weighted by molar-refractivity contribution is 7.47. The third-order valence-corrected chi connectivity index (χ3v) is 22.7. The van der Waals surface area contributed by atoms with Crippen molar-refractivity contribution >= 4 is 31.7 Å². The number of phosphoric ester groups is 1. The van der Waals surface area contributed by atoms with Gasteiger partial charge >= 0.3 is 31.7 Å². The molecule has 0 aromatic heterocycles. The summed E-state index contributed by atoms with van der Waals surface area (Å²) in [6.45, 7) is 5.49. The molecule has 1 saturated carbocycles. The van der Waals surface area contributed by atoms with Crippen molar-refractivity contribution in [2.24, 2.45) is 0 Å². The van der Waals surface area contributed by atoms with Crippen LogP contribution in [0.1, 0.15) is 362 Å². The van der Waals surface area contributed by atoms with E-state index in [0.717, 1.165) is 154 Å². The zero-order valence-corrected chi connectivity index (χ0v) is 72.0. The van der Waals surface area contributed by atoms with E-state index >= 15 is 0 Å². The van der Waals surface area contributed by atoms with Gasteiger partial charge in [0.1, 0.15) is 92.6 Å². The van der Waals surface area contributed by atoms with Gasteiger partial charge in [-0.3, -0.25) is 28.2 Å². The van der Waals surface area contributed by atoms with E-state index in [2.05, 4.69) is 76.3 Å². The second-order valence-electron chi connectivity index (χ2n) is 32.1. The van der Waals surface area contributed by atoms with E-state index in [1.54, 1.807) is 0 Å². The number of carbonyl (C=O) groups excluding carboxylic acids is 4. The van der Waals surface area contributed by atoms with E-state index in [1.165, 1.54) is 109 Å². The summed E-state index contributed by atoms with van der Waals surface area (Å²) in [4.78, 5) is 66.3. The van der Waals surface area contributed by atoms with Crippen LogP contribution in [0.5, 0.6) is 0 Å². The number of esters is 4. The van der Waals surface area contributed by atoms with Gasteiger partial charge in [0.05, 0.1) is 13.2 Å². The van der Waals surface area contributed by atoms with Crippen LogP contribution in [-0.2, 0) is 70.7 Å². The van der Waals surface area contributed by atoms with Gasteiger partial charge in [-0.1, -0.05) is 256 Å². The molecule has 2 saturated heterocycles. The molecule has 26 heteroatoms. The van der Waals surface area contributed by atoms with Crippen LogP contribution in [0.3, 0.4) is 0 Å². The highest BCUT2D eigenvalue weighted by atomic mass is 31.2. The number of hydrogen-bond donors (Lipinski definition) is 10. The summed E-state index contributed by atoms with van der Waals surface area (Å²) < 4.78 is 73.2. The Morgan fingerprint density at radius 3 is 1.05 bits per heavy atom. The van der Waals surface area contributed by atoms with Crippen molar-refractivity contribution in [1.29, 1.82) is 0 Å². The van der Waals surface area contributed by atoms with Crippen LogP contribution < -0.4 is 0 Å². The molecule has 0 spiro atoms. The van der Waals surface area contributed by atoms with Gasteiger partial charge in [0.15, 0.2) is 24.8 Å². The van der Waals surface area contributed by atoms with E-state index < -0.39 is 162 Å². The molecule has 2 aliphatic heterocycles. The lowest BCUT2D eigenvalue weighted by molar-refractivity contribution is -0.360. The highest BCUT2D eigenvalue weighted by Gasteiger charge is 2.60. The fourth-order valence-electron chi connectivity index (χ4n) is 14.5. The van der Waals surface area contributed by atoms with Gasteiger partial charge in [-0.05, 0) is 128 Å². The third kappa shape index (κ3) is 48.6. The van der Waals surface area contributed by atoms with Crippen molar-refractivity contribution in [1.82, 2.24) is 0 Å². The minimum absolute atomic E-state index is 0.00518. The minimum atomic E-state index is -5.81. The van der Waals surface area contributed by atoms with Crippen molar-refractivity contribution in [3.8, 4) is 0 Å². The van der Waals surface area contributed by atoms with Crippen molar-refractivity contribution in [3.05, 3.63) is 48.6 Å². The molecule has 0 amide bonds. The van der Waals surface area contributed by atoms with Crippen LogP contribution in [0.15, 0.2) is 48.6 Å². The maximum absolute atomic E-state index is 14.9. The first-order chi connectivity index (χ1) is 55.7. The van der Waals surface area contributed by atoms with Gasteiger partial charge in [0, 0.05) is 25.7 Å². The summed E-state index contributed by atoms with van der Waals surface area (Å²) in [6, 6.07) is 0. The van der Waals surface area contributed by atoms with Crippen molar-refractivity contribution < 1.29 is 122 Å². The Morgan fingerprint density at radius 2 is 0.652 bits per heavy atom. The Morgan fingerprint density at radius 1 is 0.339 bits per heavy atom. The SMILES string of the molecule is CCCCCC/C=C\CCCCCCCCCC(=O)OCC1OC(OC2C(OC(=O)CCCCC/C=C\CCCCCCCC)C(O)C(O)C(OC3OC(CO)C(O)C(O)C3O)C2OP(=O)(O)OCC(COC(=O)CCCCC/C=C\CCCCCCCC)OC(=O)CCCCCCCCC/C=C\CCCCCC)C(O)C(O)C1O. The fraction of sp³-hybridized carbons (Fsp3) is 0.865. The van der Waals surface area contributed by atoms with Crippen LogP contribution in [0.4, 0.5) is 0 Å². The molecule has 18 unspecified atom stereocenters. The number of phosphoric acid groups is 1. The van der Waals surface area contributed by atoms with E-state index in [1.807, 2.05) is 0 Å². The normalized spacial score (nSPS) is 25.5. The number of rotatable bonds is 72. The second-order valence-corrected chi connectivity index (χ2v) is 33.5. The van der Waals surface area contributed by atoms with Crippen molar-refractivity contribution in [2.45, 2.75) is 466 Å². The van der Waals surface area contributed by atoms with E-state index in [9.17, 15) is 74.6 Å². The molecule has 0 bridgehead atoms. The van der Waals surface area contributed by atoms with Gasteiger partial charge in [-0.25, -0.2) is 4.57 Å². The second kappa shape index (κ2) is 68.0. The fourth-order valence-corrected chi connectivity index (χ4v) is 15.4. The Bertz CT molecular complexity index is 2590. The maximum atomic E-state index is 14.9. The number of aliphatic hydroxyl groups excluding tert-OH is 9. The molecule has 18 atom stereocenters. The van der Waals surface area contributed by atoms with Crippen LogP contribution in [0.25, 0.3) is 0 Å². The predicted molar refractivity (Wildman–Crippen MR) is 444 cm³/mol. The van der Waals surface area contributed by atoms with Crippen LogP contribution in [-0.4, -0.2) is 205 Å². The van der Waals surface area contributed by atoms with Gasteiger partial charge in [-0.15, -0.1) is 0 Å². The number of aliphatic hydroxyl groups is 9. The summed E-state index contributed by atoms with van der Waals surface area (Å²) in [6.07, 6.45) is 29.9. The molecule has 3 aliphatic rings. The quantitative estimate of drug-likeness (QED) is 0.00889. The highest BCUT2D eigenvalue weighted by Crippen LogP contribution is 2.49. The summed E-state index contributed by atoms with van der Waals surface area (Å²) >= 11 is 0. The van der Waals surface area contributed by atoms with Gasteiger partial charge < -0.3 is 88.7 Å². The van der Waals surface area contributed by atoms with Crippen molar-refractivity contribution in [2.75, 3.05) is 26.4 Å². The van der Waals surface area contributed by atoms with Gasteiger partial charge in [0.2, 0.25) is 0 Å². The molecular formula is C89H159O25P. The Hall–Kier alpha value is -3.57. The summed E-state index contributed by atoms with van der Waals surface area (Å²) in [5.41, 5.74) is 0. The van der Waals surface area contributed by atoms with E-state index in [-0.39, 0.29) is 32.1 Å². The third-order valence-electron chi connectivity index (χ3n) is 21.7. The molecule has 1 aliphatic carbocycles. The molecule has 2 heterocycles. The molecule has 115 heavy (non-hydrogen) atoms. The van der Waals surface area contributed by atoms with Crippen LogP contribution in [0.2, 0.25) is 0 Å². The first-order valence-electron chi connectivity index (χ1n) is 45.4. The molecule has 3 fully saturated rings. The number of ether oxygens (including phenoxy) is 8. The largest absolute Gasteiger partial charge is 0.472 e. The molecule has 0 aromatic carbocycles. The number of unbranched alkanes of at least 4 members (excludes halogenated alkanes) is 40. The average molecular weight is 1660 g/mol. The maximum Gasteiger partial charge on any atom is 0.472 e. The van der Waals surface area contributed by atoms with Gasteiger partial charge in [0.25, 0.3) is 0 Å². The Kier molecular flexibility index (Phi) is 62.5. The Labute approximate surface area is 690 Å². The van der Waals surface area contributed by atoms with E-state index in [0.29, 0.717) is 38.5 Å². The average Bonchev–Trinajstić information content (AvgIpc) is 0.756. The van der Waals surface area contributed by atoms with E-state index in [4.69, 9.17) is 46.9 Å². The molecule has 3 rings (SSSR count). The zero-order valence-electron chi connectivity index (χ0n) is 71.1. The molecule has 0 radical (unpaired) electrons. The number of allylic oxidation sites excluding steroid dienone is 8.